The van der Waals surface area contributed by atoms with E-state index < -0.39 is 89.2 Å². The number of aryl methyl sites for hydroxylation is 1. The fourth-order valence-electron chi connectivity index (χ4n) is 8.80. The molecule has 3 aliphatic rings. The molecule has 13 atom stereocenters. The molecule has 2 N–H and O–H groups in total. The number of hydrogen-bond donors (Lipinski definition) is 2. The molecule has 3 saturated heterocycles. The fraction of sp³-hybridized carbons (Fsp3) is 0.732. The number of aliphatic hydroxyl groups excluding tert-OH is 1. The van der Waals surface area contributed by atoms with E-state index in [9.17, 15) is 24.3 Å². The van der Waals surface area contributed by atoms with Gasteiger partial charge in [-0.1, -0.05) is 39.8 Å². The average Bonchev–Trinajstić information content (AvgIpc) is 3.42. The minimum Gasteiger partial charge on any atom is -0.455 e. The van der Waals surface area contributed by atoms with Crippen LogP contribution in [0.1, 0.15) is 93.2 Å². The standard InChI is InChI=1S/C41H62FN3O10/c1-11-19-44-29-22-25(4)52-36(32(29)47)54-35-27(6)34(48)40(8,42)37(49)53-30(12-2)41(9)33(26(5)31(46)24(3)23-39(35,7)51-10)45(38(50)55-41)21-16-14-18-28-17-13-15-20-43-28/h11,13,15,17,20,24-27,29-30,32-33,35-36,44,47H,1,12,14,16,18-19,21-23H2,2-10H3/t24-,25-,26+,27+,29+,30-,32+,33?,35-,36+,39-,40+,41-/m1/s1. The third kappa shape index (κ3) is 9.47. The Hall–Kier alpha value is -3.30. The van der Waals surface area contributed by atoms with E-state index in [4.69, 9.17) is 23.7 Å². The van der Waals surface area contributed by atoms with Gasteiger partial charge < -0.3 is 39.0 Å². The molecule has 4 heterocycles. The van der Waals surface area contributed by atoms with Crippen molar-refractivity contribution in [2.45, 2.75) is 154 Å². The fourth-order valence-corrected chi connectivity index (χ4v) is 8.80. The van der Waals surface area contributed by atoms with Gasteiger partial charge in [0.15, 0.2) is 17.7 Å². The number of halogens is 1. The number of nitrogens with one attached hydrogen (secondary N) is 1. The molecule has 1 unspecified atom stereocenters. The van der Waals surface area contributed by atoms with Crippen LogP contribution in [-0.4, -0.2) is 118 Å². The monoisotopic (exact) mass is 775 g/mol. The van der Waals surface area contributed by atoms with Crippen LogP contribution in [0.4, 0.5) is 9.18 Å². The number of pyridine rings is 1. The molecule has 55 heavy (non-hydrogen) atoms. The molecule has 1 amide bonds. The zero-order chi connectivity index (χ0) is 40.9. The van der Waals surface area contributed by atoms with E-state index in [1.807, 2.05) is 25.1 Å². The van der Waals surface area contributed by atoms with Crippen molar-refractivity contribution in [2.24, 2.45) is 17.8 Å². The van der Waals surface area contributed by atoms with Crippen molar-refractivity contribution in [1.29, 1.82) is 0 Å². The third-order valence-electron chi connectivity index (χ3n) is 11.9. The Kier molecular flexibility index (Phi) is 14.8. The topological polar surface area (TPSA) is 163 Å². The van der Waals surface area contributed by atoms with E-state index in [-0.39, 0.29) is 31.3 Å². The molecule has 3 fully saturated rings. The van der Waals surface area contributed by atoms with Gasteiger partial charge in [-0.15, -0.1) is 6.58 Å². The summed E-state index contributed by atoms with van der Waals surface area (Å²) in [6.45, 7) is 16.9. The summed E-state index contributed by atoms with van der Waals surface area (Å²) in [4.78, 5) is 62.2. The van der Waals surface area contributed by atoms with Crippen LogP contribution in [-0.2, 0) is 44.5 Å². The van der Waals surface area contributed by atoms with Gasteiger partial charge in [-0.3, -0.25) is 14.6 Å². The lowest BCUT2D eigenvalue weighted by Crippen LogP contribution is -2.62. The molecule has 0 bridgehead atoms. The van der Waals surface area contributed by atoms with Crippen molar-refractivity contribution in [3.8, 4) is 0 Å². The number of carbonyl (C=O) groups excluding carboxylic acids is 4. The number of aromatic nitrogens is 1. The molecule has 0 spiro atoms. The van der Waals surface area contributed by atoms with Crippen LogP contribution in [0.25, 0.3) is 0 Å². The number of rotatable bonds is 12. The minimum atomic E-state index is -3.17. The van der Waals surface area contributed by atoms with Gasteiger partial charge in [0, 0.05) is 55.9 Å². The highest BCUT2D eigenvalue weighted by Gasteiger charge is 2.61. The van der Waals surface area contributed by atoms with Crippen molar-refractivity contribution in [3.05, 3.63) is 42.7 Å². The normalized spacial score (nSPS) is 39.2. The average molecular weight is 776 g/mol. The number of amides is 1. The second kappa shape index (κ2) is 18.3. The summed E-state index contributed by atoms with van der Waals surface area (Å²) in [6.07, 6.45) is -0.165. The molecule has 1 aromatic rings. The smallest absolute Gasteiger partial charge is 0.410 e. The highest BCUT2D eigenvalue weighted by atomic mass is 19.1. The predicted octanol–water partition coefficient (Wildman–Crippen LogP) is 4.91. The number of carbonyl (C=O) groups is 4. The number of alkyl halides is 1. The molecular weight excluding hydrogens is 713 g/mol. The number of esters is 1. The Morgan fingerprint density at radius 2 is 1.82 bits per heavy atom. The van der Waals surface area contributed by atoms with Gasteiger partial charge in [0.05, 0.1) is 23.9 Å². The van der Waals surface area contributed by atoms with Crippen LogP contribution in [0.15, 0.2) is 37.1 Å². The van der Waals surface area contributed by atoms with E-state index >= 15 is 4.39 Å². The minimum absolute atomic E-state index is 0.00155. The molecule has 3 aliphatic heterocycles. The Labute approximate surface area is 325 Å². The molecule has 1 aromatic heterocycles. The SMILES string of the molecule is C=CCN[C@H]1C[C@@H](C)O[C@@H](O[C@@H]2[C@@H](C)C(=O)[C@](C)(F)C(=O)O[C@H](CC)[C@@]3(C)OC(=O)N(CCCCc4ccccn4)C3[C@@H](C)C(=O)[C@H](C)C[C@@]2(C)OC)[C@H]1O. The quantitative estimate of drug-likeness (QED) is 0.128. The van der Waals surface area contributed by atoms with Gasteiger partial charge in [0.25, 0.3) is 5.67 Å². The van der Waals surface area contributed by atoms with E-state index in [1.54, 1.807) is 46.9 Å². The van der Waals surface area contributed by atoms with Crippen molar-refractivity contribution >= 4 is 23.6 Å². The summed E-state index contributed by atoms with van der Waals surface area (Å²) >= 11 is 0. The molecule has 13 nitrogen and oxygen atoms in total. The van der Waals surface area contributed by atoms with Crippen LogP contribution in [0.2, 0.25) is 0 Å². The number of unbranched alkanes of at least 4 members (excludes halogenated alkanes) is 1. The summed E-state index contributed by atoms with van der Waals surface area (Å²) in [7, 11) is 1.40. The van der Waals surface area contributed by atoms with E-state index in [1.165, 1.54) is 18.9 Å². The highest BCUT2D eigenvalue weighted by molar-refractivity contribution is 6.08. The van der Waals surface area contributed by atoms with Gasteiger partial charge in [-0.05, 0) is 78.4 Å². The molecule has 0 aliphatic carbocycles. The zero-order valence-electron chi connectivity index (χ0n) is 33.9. The number of ketones is 2. The zero-order valence-corrected chi connectivity index (χ0v) is 33.9. The maximum Gasteiger partial charge on any atom is 0.410 e. The van der Waals surface area contributed by atoms with Crippen LogP contribution in [0, 0.1) is 17.8 Å². The molecule has 308 valence electrons. The lowest BCUT2D eigenvalue weighted by atomic mass is 9.73. The first-order chi connectivity index (χ1) is 25.9. The Bertz CT molecular complexity index is 1510. The Balaban J connectivity index is 1.74. The maximum absolute atomic E-state index is 16.8. The van der Waals surface area contributed by atoms with Crippen LogP contribution < -0.4 is 5.32 Å². The summed E-state index contributed by atoms with van der Waals surface area (Å²) in [5.74, 6) is -5.77. The lowest BCUT2D eigenvalue weighted by molar-refractivity contribution is -0.290. The second-order valence-electron chi connectivity index (χ2n) is 16.1. The predicted molar refractivity (Wildman–Crippen MR) is 202 cm³/mol. The van der Waals surface area contributed by atoms with Crippen molar-refractivity contribution in [3.63, 3.8) is 0 Å². The first kappa shape index (κ1) is 44.4. The summed E-state index contributed by atoms with van der Waals surface area (Å²) in [6, 6.07) is 4.32. The summed E-state index contributed by atoms with van der Waals surface area (Å²) in [5.41, 5.74) is -5.28. The number of nitrogens with zero attached hydrogens (tertiary/aromatic N) is 2. The van der Waals surface area contributed by atoms with Gasteiger partial charge in [0.1, 0.15) is 18.0 Å². The first-order valence-corrected chi connectivity index (χ1v) is 19.6. The van der Waals surface area contributed by atoms with Gasteiger partial charge in [0.2, 0.25) is 0 Å². The van der Waals surface area contributed by atoms with Crippen molar-refractivity contribution in [1.82, 2.24) is 15.2 Å². The summed E-state index contributed by atoms with van der Waals surface area (Å²) in [5, 5.41) is 14.6. The lowest BCUT2D eigenvalue weighted by Gasteiger charge is -2.46. The maximum atomic E-state index is 16.8. The number of Topliss-reactive ketones (excluding diaryl/α,β-unsaturated/α-hetero) is 2. The number of ether oxygens (including phenoxy) is 5. The molecule has 0 radical (unpaired) electrons. The van der Waals surface area contributed by atoms with E-state index in [2.05, 4.69) is 16.9 Å². The van der Waals surface area contributed by atoms with Crippen LogP contribution in [0.3, 0.4) is 0 Å². The third-order valence-corrected chi connectivity index (χ3v) is 11.9. The number of cyclic esters (lactones) is 1. The van der Waals surface area contributed by atoms with E-state index in [0.29, 0.717) is 32.2 Å². The Morgan fingerprint density at radius 3 is 2.44 bits per heavy atom. The second-order valence-corrected chi connectivity index (χ2v) is 16.1. The largest absolute Gasteiger partial charge is 0.455 e. The first-order valence-electron chi connectivity index (χ1n) is 19.6. The molecule has 14 heteroatoms. The number of aliphatic hydroxyl groups is 1. The Morgan fingerprint density at radius 1 is 1.11 bits per heavy atom. The van der Waals surface area contributed by atoms with Crippen molar-refractivity contribution < 1.29 is 52.4 Å². The molecule has 4 rings (SSSR count). The molecular formula is C41H62FN3O10. The number of hydrogen-bond acceptors (Lipinski definition) is 12. The van der Waals surface area contributed by atoms with E-state index in [0.717, 1.165) is 12.6 Å². The van der Waals surface area contributed by atoms with Gasteiger partial charge in [-0.2, -0.15) is 0 Å². The summed E-state index contributed by atoms with van der Waals surface area (Å²) < 4.78 is 47.2. The van der Waals surface area contributed by atoms with Gasteiger partial charge in [-0.25, -0.2) is 14.0 Å². The molecule has 0 aromatic carbocycles. The highest BCUT2D eigenvalue weighted by Crippen LogP contribution is 2.43. The number of methoxy groups -OCH3 is 1. The molecule has 0 saturated carbocycles. The number of fused-ring (bicyclic) bond motifs is 1. The van der Waals surface area contributed by atoms with Crippen molar-refractivity contribution in [2.75, 3.05) is 20.2 Å². The van der Waals surface area contributed by atoms with Gasteiger partial charge >= 0.3 is 12.1 Å². The van der Waals surface area contributed by atoms with Crippen LogP contribution >= 0.6 is 0 Å². The van der Waals surface area contributed by atoms with Crippen LogP contribution in [0.5, 0.6) is 0 Å².